The summed E-state index contributed by atoms with van der Waals surface area (Å²) in [7, 11) is 0. The van der Waals surface area contributed by atoms with Gasteiger partial charge < -0.3 is 9.84 Å². The molecule has 0 aliphatic rings. The maximum atomic E-state index is 12.7. The van der Waals surface area contributed by atoms with Gasteiger partial charge in [-0.1, -0.05) is 6.92 Å². The third-order valence-electron chi connectivity index (χ3n) is 3.94. The molecule has 9 heteroatoms. The molecule has 0 unspecified atom stereocenters. The summed E-state index contributed by atoms with van der Waals surface area (Å²) < 4.78 is 8.31. The van der Waals surface area contributed by atoms with E-state index in [1.165, 1.54) is 28.1 Å². The topological polar surface area (TPSA) is 112 Å². The van der Waals surface area contributed by atoms with Crippen LogP contribution in [-0.2, 0) is 9.53 Å². The third-order valence-corrected chi connectivity index (χ3v) is 3.94. The number of allylic oxidation sites excluding steroid dienone is 1. The van der Waals surface area contributed by atoms with Gasteiger partial charge in [0.2, 0.25) is 0 Å². The van der Waals surface area contributed by atoms with Crippen molar-refractivity contribution in [2.24, 2.45) is 0 Å². The zero-order valence-electron chi connectivity index (χ0n) is 16.1. The van der Waals surface area contributed by atoms with Crippen LogP contribution in [0.3, 0.4) is 0 Å². The average molecular weight is 383 g/mol. The van der Waals surface area contributed by atoms with Gasteiger partial charge in [-0.3, -0.25) is 4.57 Å². The Balaban J connectivity index is 2.23. The smallest absolute Gasteiger partial charge is 0.419 e. The number of carbonyl (C=O) groups is 2. The molecule has 146 valence electrons. The minimum atomic E-state index is -1.06. The molecule has 1 N–H and O–H groups in total. The second-order valence-electron chi connectivity index (χ2n) is 7.15. The minimum absolute atomic E-state index is 0.473. The Labute approximate surface area is 161 Å². The number of aromatic nitrogens is 5. The molecule has 3 aromatic rings. The second-order valence-corrected chi connectivity index (χ2v) is 7.15. The van der Waals surface area contributed by atoms with Crippen molar-refractivity contribution in [1.29, 1.82) is 0 Å². The Morgan fingerprint density at radius 2 is 2.07 bits per heavy atom. The van der Waals surface area contributed by atoms with Gasteiger partial charge in [0, 0.05) is 23.2 Å². The maximum Gasteiger partial charge on any atom is 0.419 e. The third kappa shape index (κ3) is 3.93. The lowest BCUT2D eigenvalue weighted by Gasteiger charge is -2.19. The second kappa shape index (κ2) is 7.26. The highest BCUT2D eigenvalue weighted by atomic mass is 16.6. The normalized spacial score (nSPS) is 12.4. The molecule has 3 aromatic heterocycles. The molecule has 0 aliphatic carbocycles. The first-order chi connectivity index (χ1) is 13.2. The quantitative estimate of drug-likeness (QED) is 0.688. The first-order valence-electron chi connectivity index (χ1n) is 8.73. The zero-order valence-corrected chi connectivity index (χ0v) is 16.1. The molecule has 0 amide bonds. The highest BCUT2D eigenvalue weighted by Gasteiger charge is 2.22. The summed E-state index contributed by atoms with van der Waals surface area (Å²) in [5, 5.41) is 13.9. The van der Waals surface area contributed by atoms with Gasteiger partial charge in [-0.15, -0.1) is 0 Å². The molecule has 0 spiro atoms. The number of ether oxygens (including phenoxy) is 1. The van der Waals surface area contributed by atoms with E-state index in [4.69, 9.17) is 4.74 Å². The van der Waals surface area contributed by atoms with E-state index in [2.05, 4.69) is 15.1 Å². The van der Waals surface area contributed by atoms with Gasteiger partial charge in [-0.05, 0) is 38.8 Å². The molecule has 0 radical (unpaired) electrons. The van der Waals surface area contributed by atoms with Crippen molar-refractivity contribution in [3.05, 3.63) is 42.8 Å². The first kappa shape index (κ1) is 19.3. The molecule has 0 fully saturated rings. The fourth-order valence-electron chi connectivity index (χ4n) is 2.80. The van der Waals surface area contributed by atoms with Gasteiger partial charge in [-0.2, -0.15) is 5.10 Å². The van der Waals surface area contributed by atoms with Gasteiger partial charge in [0.15, 0.2) is 5.82 Å². The number of fused-ring (bicyclic) bond motifs is 1. The zero-order chi connectivity index (χ0) is 20.5. The monoisotopic (exact) mass is 383 g/mol. The van der Waals surface area contributed by atoms with E-state index in [0.29, 0.717) is 34.3 Å². The van der Waals surface area contributed by atoms with Crippen molar-refractivity contribution in [2.45, 2.75) is 39.7 Å². The number of hydrogen-bond acceptors (Lipinski definition) is 6. The molecule has 0 bridgehead atoms. The number of nitrogens with zero attached hydrogens (tertiary/aromatic N) is 5. The molecular weight excluding hydrogens is 362 g/mol. The summed E-state index contributed by atoms with van der Waals surface area (Å²) in [6.07, 6.45) is 7.07. The van der Waals surface area contributed by atoms with Crippen LogP contribution in [0.25, 0.3) is 22.3 Å². The number of carbonyl (C=O) groups excluding carboxylic acids is 1. The number of hydrogen-bond donors (Lipinski definition) is 1. The van der Waals surface area contributed by atoms with Crippen molar-refractivity contribution in [1.82, 2.24) is 24.3 Å². The summed E-state index contributed by atoms with van der Waals surface area (Å²) in [6.45, 7) is 7.19. The van der Waals surface area contributed by atoms with Crippen molar-refractivity contribution >= 4 is 28.5 Å². The van der Waals surface area contributed by atoms with Crippen molar-refractivity contribution in [3.8, 4) is 5.82 Å². The first-order valence-corrected chi connectivity index (χ1v) is 8.73. The van der Waals surface area contributed by atoms with Crippen LogP contribution < -0.4 is 0 Å². The molecule has 0 saturated carbocycles. The number of rotatable bonds is 4. The van der Waals surface area contributed by atoms with Gasteiger partial charge in [-0.25, -0.2) is 24.2 Å². The molecular formula is C19H21N5O4. The number of carboxylic acids is 1. The highest BCUT2D eigenvalue weighted by Crippen LogP contribution is 2.30. The maximum absolute atomic E-state index is 12.7. The van der Waals surface area contributed by atoms with E-state index in [9.17, 15) is 14.7 Å². The summed E-state index contributed by atoms with van der Waals surface area (Å²) >= 11 is 0. The fraction of sp³-hybridized carbons (Fsp3) is 0.316. The Morgan fingerprint density at radius 1 is 1.32 bits per heavy atom. The average Bonchev–Trinajstić information content (AvgIpc) is 3.25. The van der Waals surface area contributed by atoms with E-state index in [1.54, 1.807) is 33.0 Å². The molecule has 0 aromatic carbocycles. The minimum Gasteiger partial charge on any atom is -0.478 e. The van der Waals surface area contributed by atoms with E-state index in [0.717, 1.165) is 6.08 Å². The molecule has 0 saturated heterocycles. The number of pyridine rings is 1. The van der Waals surface area contributed by atoms with Crippen LogP contribution in [0.15, 0.2) is 37.2 Å². The highest BCUT2D eigenvalue weighted by molar-refractivity contribution is 6.01. The Kier molecular flexibility index (Phi) is 5.00. The van der Waals surface area contributed by atoms with Crippen LogP contribution in [0.4, 0.5) is 4.79 Å². The van der Waals surface area contributed by atoms with Gasteiger partial charge in [0.25, 0.3) is 0 Å². The molecule has 9 nitrogen and oxygen atoms in total. The van der Waals surface area contributed by atoms with Crippen LogP contribution in [0.5, 0.6) is 0 Å². The van der Waals surface area contributed by atoms with E-state index < -0.39 is 17.7 Å². The summed E-state index contributed by atoms with van der Waals surface area (Å²) in [4.78, 5) is 32.2. The predicted octanol–water partition coefficient (Wildman–Crippen LogP) is 3.28. The lowest BCUT2D eigenvalue weighted by Crippen LogP contribution is -2.26. The van der Waals surface area contributed by atoms with Gasteiger partial charge >= 0.3 is 12.1 Å². The van der Waals surface area contributed by atoms with Crippen LogP contribution in [0, 0.1) is 0 Å². The molecule has 28 heavy (non-hydrogen) atoms. The summed E-state index contributed by atoms with van der Waals surface area (Å²) in [6, 6.07) is 1.74. The number of carboxylic acid groups (broad SMARTS) is 1. The van der Waals surface area contributed by atoms with Gasteiger partial charge in [0.1, 0.15) is 18.3 Å². The summed E-state index contributed by atoms with van der Waals surface area (Å²) in [5.41, 5.74) is 1.04. The standard InChI is InChI=1S/C19H21N5O4/c1-5-12(6-17(25)26)14-9-23(18(27)28-19(2,3)4)15-8-21-16(7-13(14)15)24-11-20-10-22-24/h6-11H,5H2,1-4H3,(H,25,26). The SMILES string of the molecule is CCC(=CC(=O)O)c1cn(C(=O)OC(C)(C)C)c2cnc(-n3cncn3)cc12. The largest absolute Gasteiger partial charge is 0.478 e. The van der Waals surface area contributed by atoms with E-state index in [1.807, 2.05) is 6.92 Å². The fourth-order valence-corrected chi connectivity index (χ4v) is 2.80. The van der Waals surface area contributed by atoms with Crippen molar-refractivity contribution in [2.75, 3.05) is 0 Å². The van der Waals surface area contributed by atoms with Crippen LogP contribution in [0.2, 0.25) is 0 Å². The van der Waals surface area contributed by atoms with Gasteiger partial charge in [0.05, 0.1) is 11.7 Å². The molecule has 0 aliphatic heterocycles. The Hall–Kier alpha value is -3.49. The lowest BCUT2D eigenvalue weighted by molar-refractivity contribution is -0.131. The van der Waals surface area contributed by atoms with Crippen LogP contribution in [-0.4, -0.2) is 47.1 Å². The van der Waals surface area contributed by atoms with Crippen molar-refractivity contribution < 1.29 is 19.4 Å². The molecule has 0 atom stereocenters. The predicted molar refractivity (Wildman–Crippen MR) is 102 cm³/mol. The number of aliphatic carboxylic acids is 1. The van der Waals surface area contributed by atoms with Crippen molar-refractivity contribution in [3.63, 3.8) is 0 Å². The molecule has 3 rings (SSSR count). The van der Waals surface area contributed by atoms with Crippen LogP contribution in [0.1, 0.15) is 39.7 Å². The van der Waals surface area contributed by atoms with E-state index in [-0.39, 0.29) is 0 Å². The van der Waals surface area contributed by atoms with Crippen LogP contribution >= 0.6 is 0 Å². The van der Waals surface area contributed by atoms with E-state index >= 15 is 0 Å². The Bertz CT molecular complexity index is 1060. The summed E-state index contributed by atoms with van der Waals surface area (Å²) in [5.74, 6) is -0.556. The Morgan fingerprint density at radius 3 is 2.64 bits per heavy atom. The molecule has 3 heterocycles. The lowest BCUT2D eigenvalue weighted by atomic mass is 10.0.